The highest BCUT2D eigenvalue weighted by molar-refractivity contribution is 5.52. The van der Waals surface area contributed by atoms with E-state index < -0.39 is 0 Å². The van der Waals surface area contributed by atoms with Crippen LogP contribution in [0.4, 0.5) is 0 Å². The van der Waals surface area contributed by atoms with Gasteiger partial charge >= 0.3 is 0 Å². The van der Waals surface area contributed by atoms with Gasteiger partial charge < -0.3 is 19.9 Å². The van der Waals surface area contributed by atoms with Gasteiger partial charge in [-0.25, -0.2) is 0 Å². The van der Waals surface area contributed by atoms with E-state index in [1.807, 2.05) is 12.1 Å². The van der Waals surface area contributed by atoms with Crippen molar-refractivity contribution in [3.63, 3.8) is 0 Å². The lowest BCUT2D eigenvalue weighted by molar-refractivity contribution is 0.363. The molecule has 0 bridgehead atoms. The Labute approximate surface area is 103 Å². The predicted molar refractivity (Wildman–Crippen MR) is 68.2 cm³/mol. The molecule has 96 valence electrons. The van der Waals surface area contributed by atoms with Gasteiger partial charge in [0.25, 0.3) is 0 Å². The molecule has 1 atom stereocenters. The fourth-order valence-corrected chi connectivity index (χ4v) is 1.92. The van der Waals surface area contributed by atoms with Crippen LogP contribution in [-0.2, 0) is 0 Å². The van der Waals surface area contributed by atoms with Crippen molar-refractivity contribution in [3.05, 3.63) is 17.7 Å². The molecule has 0 spiro atoms. The molecule has 0 fully saturated rings. The molecule has 2 N–H and O–H groups in total. The molecule has 0 amide bonds. The summed E-state index contributed by atoms with van der Waals surface area (Å²) < 4.78 is 16.0. The summed E-state index contributed by atoms with van der Waals surface area (Å²) in [5.41, 5.74) is 6.81. The highest BCUT2D eigenvalue weighted by Crippen LogP contribution is 2.39. The molecule has 0 saturated heterocycles. The predicted octanol–water partition coefficient (Wildman–Crippen LogP) is 2.16. The van der Waals surface area contributed by atoms with Crippen molar-refractivity contribution in [1.82, 2.24) is 0 Å². The second-order valence-corrected chi connectivity index (χ2v) is 3.79. The van der Waals surface area contributed by atoms with E-state index in [1.54, 1.807) is 21.3 Å². The van der Waals surface area contributed by atoms with Crippen molar-refractivity contribution in [1.29, 1.82) is 0 Å². The Hall–Kier alpha value is -1.42. The lowest BCUT2D eigenvalue weighted by atomic mass is 9.94. The zero-order valence-electron chi connectivity index (χ0n) is 10.9. The van der Waals surface area contributed by atoms with Crippen LogP contribution in [-0.4, -0.2) is 27.9 Å². The van der Waals surface area contributed by atoms with Gasteiger partial charge in [0.05, 0.1) is 21.3 Å². The smallest absolute Gasteiger partial charge is 0.129 e. The largest absolute Gasteiger partial charge is 0.496 e. The van der Waals surface area contributed by atoms with E-state index in [-0.39, 0.29) is 5.92 Å². The Morgan fingerprint density at radius 2 is 1.59 bits per heavy atom. The van der Waals surface area contributed by atoms with E-state index in [4.69, 9.17) is 19.9 Å². The quantitative estimate of drug-likeness (QED) is 0.826. The average Bonchev–Trinajstić information content (AvgIpc) is 2.39. The fraction of sp³-hybridized carbons (Fsp3) is 0.538. The van der Waals surface area contributed by atoms with Crippen molar-refractivity contribution in [2.24, 2.45) is 5.73 Å². The Kier molecular flexibility index (Phi) is 5.10. The fourth-order valence-electron chi connectivity index (χ4n) is 1.92. The first-order valence-corrected chi connectivity index (χ1v) is 5.71. The molecule has 1 aromatic rings. The highest BCUT2D eigenvalue weighted by Gasteiger charge is 2.20. The van der Waals surface area contributed by atoms with Gasteiger partial charge in [0, 0.05) is 23.6 Å². The zero-order valence-corrected chi connectivity index (χ0v) is 10.9. The van der Waals surface area contributed by atoms with Crippen LogP contribution >= 0.6 is 0 Å². The third kappa shape index (κ3) is 2.82. The van der Waals surface area contributed by atoms with Gasteiger partial charge in [0.15, 0.2) is 0 Å². The van der Waals surface area contributed by atoms with E-state index >= 15 is 0 Å². The van der Waals surface area contributed by atoms with E-state index in [9.17, 15) is 0 Å². The number of nitrogens with two attached hydrogens (primary N) is 1. The van der Waals surface area contributed by atoms with Crippen molar-refractivity contribution in [2.45, 2.75) is 19.3 Å². The van der Waals surface area contributed by atoms with Gasteiger partial charge in [-0.3, -0.25) is 0 Å². The first-order chi connectivity index (χ1) is 8.21. The van der Waals surface area contributed by atoms with Crippen LogP contribution in [0.1, 0.15) is 24.8 Å². The first-order valence-electron chi connectivity index (χ1n) is 5.71. The van der Waals surface area contributed by atoms with E-state index in [2.05, 4.69) is 6.92 Å². The lowest BCUT2D eigenvalue weighted by Crippen LogP contribution is -2.14. The maximum absolute atomic E-state index is 5.79. The van der Waals surface area contributed by atoms with Crippen LogP contribution in [0.2, 0.25) is 0 Å². The molecule has 1 aromatic carbocycles. The SMILES string of the molecule is CCC(CN)c1c(OC)cc(OC)cc1OC. The summed E-state index contributed by atoms with van der Waals surface area (Å²) in [5.74, 6) is 2.47. The number of rotatable bonds is 6. The average molecular weight is 239 g/mol. The van der Waals surface area contributed by atoms with Gasteiger partial charge in [-0.05, 0) is 13.0 Å². The second kappa shape index (κ2) is 6.35. The summed E-state index contributed by atoms with van der Waals surface area (Å²) in [7, 11) is 4.90. The third-order valence-electron chi connectivity index (χ3n) is 2.94. The molecule has 0 saturated carbocycles. The van der Waals surface area contributed by atoms with Crippen molar-refractivity contribution < 1.29 is 14.2 Å². The first kappa shape index (κ1) is 13.6. The maximum atomic E-state index is 5.79. The summed E-state index contributed by atoms with van der Waals surface area (Å²) in [6.45, 7) is 2.66. The van der Waals surface area contributed by atoms with Crippen molar-refractivity contribution >= 4 is 0 Å². The molecule has 0 aliphatic heterocycles. The van der Waals surface area contributed by atoms with Crippen LogP contribution in [0.3, 0.4) is 0 Å². The molecule has 4 heteroatoms. The molecular weight excluding hydrogens is 218 g/mol. The minimum Gasteiger partial charge on any atom is -0.496 e. The third-order valence-corrected chi connectivity index (χ3v) is 2.94. The maximum Gasteiger partial charge on any atom is 0.129 e. The summed E-state index contributed by atoms with van der Waals surface area (Å²) in [4.78, 5) is 0. The molecular formula is C13H21NO3. The Morgan fingerprint density at radius 3 is 1.88 bits per heavy atom. The van der Waals surface area contributed by atoms with Crippen LogP contribution in [0.15, 0.2) is 12.1 Å². The van der Waals surface area contributed by atoms with Gasteiger partial charge in [-0.15, -0.1) is 0 Å². The topological polar surface area (TPSA) is 53.7 Å². The van der Waals surface area contributed by atoms with Gasteiger partial charge in [0.1, 0.15) is 17.2 Å². The summed E-state index contributed by atoms with van der Waals surface area (Å²) in [5, 5.41) is 0. The van der Waals surface area contributed by atoms with Gasteiger partial charge in [-0.2, -0.15) is 0 Å². The molecule has 17 heavy (non-hydrogen) atoms. The second-order valence-electron chi connectivity index (χ2n) is 3.79. The standard InChI is InChI=1S/C13H21NO3/c1-5-9(8-14)13-11(16-3)6-10(15-2)7-12(13)17-4/h6-7,9H,5,8,14H2,1-4H3. The van der Waals surface area contributed by atoms with E-state index in [0.717, 1.165) is 23.5 Å². The van der Waals surface area contributed by atoms with Crippen LogP contribution in [0, 0.1) is 0 Å². The zero-order chi connectivity index (χ0) is 12.8. The molecule has 0 aliphatic carbocycles. The number of benzene rings is 1. The van der Waals surface area contributed by atoms with E-state index in [1.165, 1.54) is 0 Å². The number of ether oxygens (including phenoxy) is 3. The number of hydrogen-bond donors (Lipinski definition) is 1. The monoisotopic (exact) mass is 239 g/mol. The molecule has 0 aromatic heterocycles. The normalized spacial score (nSPS) is 12.1. The summed E-state index contributed by atoms with van der Waals surface area (Å²) in [6.07, 6.45) is 0.940. The van der Waals surface area contributed by atoms with E-state index in [0.29, 0.717) is 12.3 Å². The highest BCUT2D eigenvalue weighted by atomic mass is 16.5. The molecule has 0 radical (unpaired) electrons. The molecule has 0 aliphatic rings. The molecule has 4 nitrogen and oxygen atoms in total. The Balaban J connectivity index is 3.33. The van der Waals surface area contributed by atoms with Crippen LogP contribution < -0.4 is 19.9 Å². The van der Waals surface area contributed by atoms with Crippen LogP contribution in [0.25, 0.3) is 0 Å². The van der Waals surface area contributed by atoms with Gasteiger partial charge in [0.2, 0.25) is 0 Å². The summed E-state index contributed by atoms with van der Waals surface area (Å²) in [6, 6.07) is 3.71. The number of methoxy groups -OCH3 is 3. The summed E-state index contributed by atoms with van der Waals surface area (Å²) >= 11 is 0. The molecule has 1 unspecified atom stereocenters. The number of hydrogen-bond acceptors (Lipinski definition) is 4. The van der Waals surface area contributed by atoms with Crippen LogP contribution in [0.5, 0.6) is 17.2 Å². The Morgan fingerprint density at radius 1 is 1.06 bits per heavy atom. The molecule has 0 heterocycles. The Bertz CT molecular complexity index is 337. The van der Waals surface area contributed by atoms with Crippen molar-refractivity contribution in [2.75, 3.05) is 27.9 Å². The minimum atomic E-state index is 0.228. The van der Waals surface area contributed by atoms with Gasteiger partial charge in [-0.1, -0.05) is 6.92 Å². The molecule has 1 rings (SSSR count). The van der Waals surface area contributed by atoms with Crippen molar-refractivity contribution in [3.8, 4) is 17.2 Å². The minimum absolute atomic E-state index is 0.228. The lowest BCUT2D eigenvalue weighted by Gasteiger charge is -2.20.